The lowest BCUT2D eigenvalue weighted by molar-refractivity contribution is 0.314. The molecule has 5 nitrogen and oxygen atoms in total. The number of hydrogen-bond donors (Lipinski definition) is 1. The number of nitrogens with zero attached hydrogens (tertiary/aromatic N) is 2. The first-order valence-electron chi connectivity index (χ1n) is 7.71. The van der Waals surface area contributed by atoms with Crippen LogP contribution in [0.15, 0.2) is 47.2 Å². The Morgan fingerprint density at radius 3 is 3.00 bits per heavy atom. The third-order valence-electron chi connectivity index (χ3n) is 4.46. The van der Waals surface area contributed by atoms with E-state index in [4.69, 9.17) is 4.74 Å². The molecule has 0 bridgehead atoms. The van der Waals surface area contributed by atoms with Gasteiger partial charge in [-0.2, -0.15) is 4.98 Å². The molecule has 1 N–H and O–H groups in total. The number of rotatable bonds is 2. The van der Waals surface area contributed by atoms with Crippen molar-refractivity contribution in [3.63, 3.8) is 0 Å². The zero-order chi connectivity index (χ0) is 14.9. The Kier molecular flexibility index (Phi) is 3.25. The molecule has 2 unspecified atom stereocenters. The summed E-state index contributed by atoms with van der Waals surface area (Å²) in [6.45, 7) is 0. The van der Waals surface area contributed by atoms with Crippen LogP contribution in [0, 0.1) is 11.8 Å². The Labute approximate surface area is 127 Å². The van der Waals surface area contributed by atoms with E-state index in [1.165, 1.54) is 25.7 Å². The van der Waals surface area contributed by atoms with Crippen molar-refractivity contribution < 1.29 is 4.74 Å². The molecule has 0 saturated heterocycles. The molecule has 112 valence electrons. The Morgan fingerprint density at radius 1 is 1.23 bits per heavy atom. The van der Waals surface area contributed by atoms with Crippen molar-refractivity contribution in [3.8, 4) is 6.01 Å². The van der Waals surface area contributed by atoms with E-state index in [-0.39, 0.29) is 11.6 Å². The quantitative estimate of drug-likeness (QED) is 0.925. The van der Waals surface area contributed by atoms with Crippen LogP contribution in [0.5, 0.6) is 6.01 Å². The maximum atomic E-state index is 12.0. The summed E-state index contributed by atoms with van der Waals surface area (Å²) < 4.78 is 5.77. The van der Waals surface area contributed by atoms with E-state index in [2.05, 4.69) is 27.1 Å². The van der Waals surface area contributed by atoms with Crippen molar-refractivity contribution in [1.29, 1.82) is 0 Å². The molecule has 0 radical (unpaired) electrons. The fraction of sp³-hybridized carbons (Fsp3) is 0.353. The van der Waals surface area contributed by atoms with Gasteiger partial charge in [0.1, 0.15) is 5.76 Å². The summed E-state index contributed by atoms with van der Waals surface area (Å²) >= 11 is 0. The van der Waals surface area contributed by atoms with Crippen molar-refractivity contribution in [2.75, 3.05) is 0 Å². The summed E-state index contributed by atoms with van der Waals surface area (Å²) in [5.74, 6) is 1.94. The molecule has 2 aliphatic carbocycles. The third-order valence-corrected chi connectivity index (χ3v) is 4.46. The van der Waals surface area contributed by atoms with Crippen molar-refractivity contribution in [3.05, 3.63) is 52.8 Å². The molecule has 0 amide bonds. The number of allylic oxidation sites excluding steroid dienone is 3. The van der Waals surface area contributed by atoms with Crippen LogP contribution < -0.4 is 10.3 Å². The van der Waals surface area contributed by atoms with Crippen LogP contribution in [0.1, 0.15) is 25.7 Å². The van der Waals surface area contributed by atoms with E-state index in [1.807, 2.05) is 6.08 Å². The van der Waals surface area contributed by atoms with Gasteiger partial charge < -0.3 is 4.74 Å². The average molecular weight is 295 g/mol. The number of nitrogens with one attached hydrogen (secondary N) is 1. The van der Waals surface area contributed by atoms with Crippen LogP contribution in [0.2, 0.25) is 0 Å². The van der Waals surface area contributed by atoms with Gasteiger partial charge in [0.05, 0.1) is 17.1 Å². The summed E-state index contributed by atoms with van der Waals surface area (Å²) in [5, 5.41) is 0.517. The van der Waals surface area contributed by atoms with Gasteiger partial charge in [-0.3, -0.25) is 14.8 Å². The summed E-state index contributed by atoms with van der Waals surface area (Å²) in [6.07, 6.45) is 14.6. The molecule has 0 aliphatic heterocycles. The number of hydrogen-bond acceptors (Lipinski definition) is 4. The smallest absolute Gasteiger partial charge is 0.302 e. The highest BCUT2D eigenvalue weighted by Crippen LogP contribution is 2.35. The largest absolute Gasteiger partial charge is 0.426 e. The number of H-pyrrole nitrogens is 1. The summed E-state index contributed by atoms with van der Waals surface area (Å²) in [7, 11) is 0. The first kappa shape index (κ1) is 13.2. The van der Waals surface area contributed by atoms with E-state index in [9.17, 15) is 4.79 Å². The lowest BCUT2D eigenvalue weighted by Gasteiger charge is -2.29. The third kappa shape index (κ3) is 2.43. The van der Waals surface area contributed by atoms with Crippen LogP contribution in [0.4, 0.5) is 0 Å². The molecule has 1 fully saturated rings. The highest BCUT2D eigenvalue weighted by atomic mass is 16.5. The average Bonchev–Trinajstić information content (AvgIpc) is 2.55. The standard InChI is InChI=1S/C17H17N3O2/c21-16-14-7-8-18-10-15(14)19-17(20-16)22-13-6-5-11-3-1-2-4-12(11)9-13/h5-12H,1-4H2,(H,19,20,21). The van der Waals surface area contributed by atoms with Crippen LogP contribution in [-0.4, -0.2) is 15.0 Å². The van der Waals surface area contributed by atoms with Crippen molar-refractivity contribution >= 4 is 10.9 Å². The van der Waals surface area contributed by atoms with Gasteiger partial charge in [0.2, 0.25) is 0 Å². The Balaban J connectivity index is 1.62. The van der Waals surface area contributed by atoms with E-state index < -0.39 is 0 Å². The van der Waals surface area contributed by atoms with Gasteiger partial charge in [-0.15, -0.1) is 0 Å². The van der Waals surface area contributed by atoms with Gasteiger partial charge >= 0.3 is 6.01 Å². The van der Waals surface area contributed by atoms with Gasteiger partial charge in [-0.1, -0.05) is 18.9 Å². The summed E-state index contributed by atoms with van der Waals surface area (Å²) in [4.78, 5) is 23.0. The Bertz CT molecular complexity index is 822. The van der Waals surface area contributed by atoms with Crippen LogP contribution in [0.3, 0.4) is 0 Å². The predicted octanol–water partition coefficient (Wildman–Crippen LogP) is 2.96. The normalized spacial score (nSPS) is 23.9. The first-order valence-corrected chi connectivity index (χ1v) is 7.71. The minimum absolute atomic E-state index is 0.210. The van der Waals surface area contributed by atoms with Crippen LogP contribution >= 0.6 is 0 Å². The molecule has 5 heteroatoms. The maximum absolute atomic E-state index is 12.0. The van der Waals surface area contributed by atoms with E-state index in [0.29, 0.717) is 22.7 Å². The van der Waals surface area contributed by atoms with E-state index >= 15 is 0 Å². The molecule has 2 aromatic rings. The molecule has 0 aromatic carbocycles. The molecule has 2 aliphatic rings. The monoisotopic (exact) mass is 295 g/mol. The number of aromatic amines is 1. The fourth-order valence-corrected chi connectivity index (χ4v) is 3.32. The lowest BCUT2D eigenvalue weighted by Crippen LogP contribution is -2.20. The van der Waals surface area contributed by atoms with Crippen molar-refractivity contribution in [2.45, 2.75) is 25.7 Å². The molecule has 2 aromatic heterocycles. The number of pyridine rings is 1. The molecule has 4 rings (SSSR count). The second-order valence-corrected chi connectivity index (χ2v) is 5.91. The molecule has 2 atom stereocenters. The topological polar surface area (TPSA) is 67.9 Å². The van der Waals surface area contributed by atoms with E-state index in [1.54, 1.807) is 18.5 Å². The van der Waals surface area contributed by atoms with Gasteiger partial charge in [-0.05, 0) is 42.9 Å². The number of fused-ring (bicyclic) bond motifs is 2. The maximum Gasteiger partial charge on any atom is 0.302 e. The SMILES string of the molecule is O=c1[nH]c(OC2=CC3CCCCC3C=C2)nc2cnccc12. The predicted molar refractivity (Wildman–Crippen MR) is 83.5 cm³/mol. The van der Waals surface area contributed by atoms with Gasteiger partial charge in [0.15, 0.2) is 0 Å². The highest BCUT2D eigenvalue weighted by Gasteiger charge is 2.24. The highest BCUT2D eigenvalue weighted by molar-refractivity contribution is 5.76. The molecular weight excluding hydrogens is 278 g/mol. The summed E-state index contributed by atoms with van der Waals surface area (Å²) in [6, 6.07) is 1.87. The minimum atomic E-state index is -0.210. The Hall–Kier alpha value is -2.43. The Morgan fingerprint density at radius 2 is 2.09 bits per heavy atom. The molecule has 0 spiro atoms. The molecule has 22 heavy (non-hydrogen) atoms. The zero-order valence-electron chi connectivity index (χ0n) is 12.2. The van der Waals surface area contributed by atoms with Gasteiger partial charge in [0.25, 0.3) is 5.56 Å². The molecule has 1 saturated carbocycles. The fourth-order valence-electron chi connectivity index (χ4n) is 3.32. The zero-order valence-corrected chi connectivity index (χ0v) is 12.2. The van der Waals surface area contributed by atoms with Gasteiger partial charge in [-0.25, -0.2) is 0 Å². The first-order chi connectivity index (χ1) is 10.8. The minimum Gasteiger partial charge on any atom is -0.426 e. The second kappa shape index (κ2) is 5.40. The van der Waals surface area contributed by atoms with Crippen LogP contribution in [0.25, 0.3) is 10.9 Å². The van der Waals surface area contributed by atoms with Crippen LogP contribution in [-0.2, 0) is 0 Å². The van der Waals surface area contributed by atoms with E-state index in [0.717, 1.165) is 5.76 Å². The van der Waals surface area contributed by atoms with Crippen molar-refractivity contribution in [1.82, 2.24) is 15.0 Å². The van der Waals surface area contributed by atoms with Crippen molar-refractivity contribution in [2.24, 2.45) is 11.8 Å². The lowest BCUT2D eigenvalue weighted by atomic mass is 9.77. The molecule has 2 heterocycles. The summed E-state index contributed by atoms with van der Waals surface area (Å²) in [5.41, 5.74) is 0.329. The second-order valence-electron chi connectivity index (χ2n) is 5.91. The number of ether oxygens (including phenoxy) is 1. The van der Waals surface area contributed by atoms with Gasteiger partial charge in [0, 0.05) is 6.20 Å². The molecular formula is C17H17N3O2. The number of aromatic nitrogens is 3.